The van der Waals surface area contributed by atoms with Gasteiger partial charge < -0.3 is 14.8 Å². The second-order valence-corrected chi connectivity index (χ2v) is 6.26. The zero-order valence-corrected chi connectivity index (χ0v) is 15.2. The van der Waals surface area contributed by atoms with Gasteiger partial charge in [-0.2, -0.15) is 0 Å². The number of amides is 1. The smallest absolute Gasteiger partial charge is 0.310 e. The van der Waals surface area contributed by atoms with E-state index in [2.05, 4.69) is 5.32 Å². The first-order chi connectivity index (χ1) is 12.0. The second kappa shape index (κ2) is 9.25. The highest BCUT2D eigenvalue weighted by Gasteiger charge is 2.35. The molecule has 2 rings (SSSR count). The standard InChI is InChI=1S/C20H27NO4/c1-4-14(3)25-20(23)18-9-7-6-8-17(18)19(22)21-15-10-12-16(13-11-15)24-5-2/h6-7,10-14,17-18H,4-5,8-9H2,1-3H3,(H,21,22)/t14-,17-,18+/m0/s1. The van der Waals surface area contributed by atoms with Crippen LogP contribution in [-0.4, -0.2) is 24.6 Å². The second-order valence-electron chi connectivity index (χ2n) is 6.26. The van der Waals surface area contributed by atoms with E-state index < -0.39 is 11.8 Å². The number of carbonyl (C=O) groups excluding carboxylic acids is 2. The minimum atomic E-state index is -0.429. The minimum absolute atomic E-state index is 0.131. The van der Waals surface area contributed by atoms with E-state index in [1.54, 1.807) is 12.1 Å². The number of hydrogen-bond donors (Lipinski definition) is 1. The molecule has 3 atom stereocenters. The zero-order chi connectivity index (χ0) is 18.2. The van der Waals surface area contributed by atoms with Crippen LogP contribution in [0.1, 0.15) is 40.0 Å². The van der Waals surface area contributed by atoms with Gasteiger partial charge in [0.05, 0.1) is 24.5 Å². The van der Waals surface area contributed by atoms with Crippen molar-refractivity contribution in [3.05, 3.63) is 36.4 Å². The molecule has 5 nitrogen and oxygen atoms in total. The molecular weight excluding hydrogens is 318 g/mol. The zero-order valence-electron chi connectivity index (χ0n) is 15.2. The van der Waals surface area contributed by atoms with Gasteiger partial charge in [0.25, 0.3) is 0 Å². The number of rotatable bonds is 7. The van der Waals surface area contributed by atoms with Crippen LogP contribution in [0.3, 0.4) is 0 Å². The van der Waals surface area contributed by atoms with Gasteiger partial charge in [-0.3, -0.25) is 9.59 Å². The normalized spacial score (nSPS) is 20.6. The highest BCUT2D eigenvalue weighted by atomic mass is 16.5. The number of benzene rings is 1. The minimum Gasteiger partial charge on any atom is -0.494 e. The Morgan fingerprint density at radius 1 is 1.12 bits per heavy atom. The van der Waals surface area contributed by atoms with Crippen LogP contribution in [-0.2, 0) is 14.3 Å². The third-order valence-corrected chi connectivity index (χ3v) is 4.40. The number of carbonyl (C=O) groups is 2. The van der Waals surface area contributed by atoms with Crippen molar-refractivity contribution in [3.8, 4) is 5.75 Å². The lowest BCUT2D eigenvalue weighted by Gasteiger charge is -2.27. The monoisotopic (exact) mass is 345 g/mol. The Kier molecular flexibility index (Phi) is 7.04. The van der Waals surface area contributed by atoms with Crippen molar-refractivity contribution in [3.63, 3.8) is 0 Å². The molecule has 0 heterocycles. The lowest BCUT2D eigenvalue weighted by atomic mass is 9.82. The highest BCUT2D eigenvalue weighted by Crippen LogP contribution is 2.29. The maximum Gasteiger partial charge on any atom is 0.310 e. The first kappa shape index (κ1) is 19.0. The summed E-state index contributed by atoms with van der Waals surface area (Å²) in [5, 5.41) is 2.90. The van der Waals surface area contributed by atoms with E-state index in [4.69, 9.17) is 9.47 Å². The lowest BCUT2D eigenvalue weighted by Crippen LogP contribution is -2.36. The molecule has 0 radical (unpaired) electrons. The molecule has 1 N–H and O–H groups in total. The summed E-state index contributed by atoms with van der Waals surface area (Å²) in [4.78, 5) is 25.1. The largest absolute Gasteiger partial charge is 0.494 e. The first-order valence-electron chi connectivity index (χ1n) is 8.94. The summed E-state index contributed by atoms with van der Waals surface area (Å²) in [7, 11) is 0. The van der Waals surface area contributed by atoms with Crippen LogP contribution in [0.2, 0.25) is 0 Å². The van der Waals surface area contributed by atoms with Gasteiger partial charge in [-0.1, -0.05) is 19.1 Å². The summed E-state index contributed by atoms with van der Waals surface area (Å²) >= 11 is 0. The molecule has 0 spiro atoms. The van der Waals surface area contributed by atoms with Gasteiger partial charge in [-0.15, -0.1) is 0 Å². The van der Waals surface area contributed by atoms with E-state index in [1.807, 2.05) is 45.1 Å². The third-order valence-electron chi connectivity index (χ3n) is 4.40. The van der Waals surface area contributed by atoms with E-state index >= 15 is 0 Å². The number of ether oxygens (including phenoxy) is 2. The van der Waals surface area contributed by atoms with E-state index in [1.165, 1.54) is 0 Å². The van der Waals surface area contributed by atoms with Gasteiger partial charge in [0.1, 0.15) is 5.75 Å². The molecule has 1 aromatic rings. The summed E-state index contributed by atoms with van der Waals surface area (Å²) in [6.07, 6.45) is 5.61. The Morgan fingerprint density at radius 3 is 2.36 bits per heavy atom. The van der Waals surface area contributed by atoms with Crippen LogP contribution >= 0.6 is 0 Å². The maximum absolute atomic E-state index is 12.7. The third kappa shape index (κ3) is 5.34. The predicted octanol–water partition coefficient (Wildman–Crippen LogP) is 3.95. The number of esters is 1. The van der Waals surface area contributed by atoms with Crippen LogP contribution in [0.5, 0.6) is 5.75 Å². The molecule has 0 fully saturated rings. The van der Waals surface area contributed by atoms with Crippen LogP contribution < -0.4 is 10.1 Å². The average Bonchev–Trinajstić information content (AvgIpc) is 2.63. The summed E-state index contributed by atoms with van der Waals surface area (Å²) in [5.74, 6) is -0.518. The summed E-state index contributed by atoms with van der Waals surface area (Å²) in [5.41, 5.74) is 0.692. The average molecular weight is 345 g/mol. The molecule has 0 aliphatic heterocycles. The fourth-order valence-electron chi connectivity index (χ4n) is 2.77. The van der Waals surface area contributed by atoms with Crippen molar-refractivity contribution in [2.75, 3.05) is 11.9 Å². The Balaban J connectivity index is 2.02. The molecule has 136 valence electrons. The topological polar surface area (TPSA) is 64.6 Å². The van der Waals surface area contributed by atoms with Crippen LogP contribution in [0.25, 0.3) is 0 Å². The number of nitrogens with one attached hydrogen (secondary N) is 1. The summed E-state index contributed by atoms with van der Waals surface area (Å²) in [6.45, 7) is 6.35. The number of hydrogen-bond acceptors (Lipinski definition) is 4. The van der Waals surface area contributed by atoms with Crippen molar-refractivity contribution >= 4 is 17.6 Å². The van der Waals surface area contributed by atoms with Crippen molar-refractivity contribution in [1.82, 2.24) is 0 Å². The fourth-order valence-corrected chi connectivity index (χ4v) is 2.77. The van der Waals surface area contributed by atoms with Crippen LogP contribution in [0.15, 0.2) is 36.4 Å². The van der Waals surface area contributed by atoms with Crippen molar-refractivity contribution in [2.24, 2.45) is 11.8 Å². The van der Waals surface area contributed by atoms with Gasteiger partial charge in [-0.05, 0) is 57.4 Å². The van der Waals surface area contributed by atoms with Gasteiger partial charge in [0.15, 0.2) is 0 Å². The molecule has 1 aromatic carbocycles. The highest BCUT2D eigenvalue weighted by molar-refractivity contribution is 5.95. The maximum atomic E-state index is 12.7. The Labute approximate surface area is 149 Å². The predicted molar refractivity (Wildman–Crippen MR) is 97.4 cm³/mol. The quantitative estimate of drug-likeness (QED) is 0.600. The molecule has 1 aliphatic carbocycles. The molecule has 1 aliphatic rings. The molecule has 0 aromatic heterocycles. The van der Waals surface area contributed by atoms with Gasteiger partial charge in [0, 0.05) is 5.69 Å². The molecule has 0 bridgehead atoms. The van der Waals surface area contributed by atoms with E-state index in [0.717, 1.165) is 12.2 Å². The van der Waals surface area contributed by atoms with Crippen molar-refractivity contribution in [2.45, 2.75) is 46.1 Å². The van der Waals surface area contributed by atoms with Gasteiger partial charge in [-0.25, -0.2) is 0 Å². The summed E-state index contributed by atoms with van der Waals surface area (Å²) < 4.78 is 10.8. The molecule has 0 saturated carbocycles. The summed E-state index contributed by atoms with van der Waals surface area (Å²) in [6, 6.07) is 7.23. The van der Waals surface area contributed by atoms with Crippen molar-refractivity contribution < 1.29 is 19.1 Å². The molecular formula is C20H27NO4. The Morgan fingerprint density at radius 2 is 1.76 bits per heavy atom. The molecule has 0 unspecified atom stereocenters. The molecule has 0 saturated heterocycles. The van der Waals surface area contributed by atoms with E-state index in [0.29, 0.717) is 25.1 Å². The fraction of sp³-hybridized carbons (Fsp3) is 0.500. The Hall–Kier alpha value is -2.30. The van der Waals surface area contributed by atoms with E-state index in [9.17, 15) is 9.59 Å². The number of anilines is 1. The number of allylic oxidation sites excluding steroid dienone is 2. The van der Waals surface area contributed by atoms with Gasteiger partial charge >= 0.3 is 5.97 Å². The molecule has 1 amide bonds. The molecule has 5 heteroatoms. The molecule has 25 heavy (non-hydrogen) atoms. The van der Waals surface area contributed by atoms with Gasteiger partial charge in [0.2, 0.25) is 5.91 Å². The lowest BCUT2D eigenvalue weighted by molar-refractivity contribution is -0.157. The van der Waals surface area contributed by atoms with Crippen molar-refractivity contribution in [1.29, 1.82) is 0 Å². The first-order valence-corrected chi connectivity index (χ1v) is 8.94. The van der Waals surface area contributed by atoms with Crippen LogP contribution in [0.4, 0.5) is 5.69 Å². The Bertz CT molecular complexity index is 609. The SMILES string of the molecule is CCOc1ccc(NC(=O)[C@H]2CC=CC[C@H]2C(=O)O[C@@H](C)CC)cc1. The van der Waals surface area contributed by atoms with Crippen LogP contribution in [0, 0.1) is 11.8 Å². The van der Waals surface area contributed by atoms with E-state index in [-0.39, 0.29) is 18.0 Å².